The van der Waals surface area contributed by atoms with Gasteiger partial charge in [0.1, 0.15) is 12.0 Å². The van der Waals surface area contributed by atoms with E-state index >= 15 is 0 Å². The molecule has 0 N–H and O–H groups in total. The molecule has 0 spiro atoms. The fraction of sp³-hybridized carbons (Fsp3) is 0.188. The molecule has 0 aliphatic carbocycles. The molecule has 4 heterocycles. The van der Waals surface area contributed by atoms with Crippen LogP contribution in [0.15, 0.2) is 35.1 Å². The minimum Gasteiger partial charge on any atom is -0.339 e. The first kappa shape index (κ1) is 13.2. The Bertz CT molecular complexity index is 1070. The Morgan fingerprint density at radius 3 is 2.71 bits per heavy atom. The number of hydrogen-bond donors (Lipinski definition) is 0. The number of hydrogen-bond acceptors (Lipinski definition) is 6. The maximum absolute atomic E-state index is 5.12. The van der Waals surface area contributed by atoms with Crippen molar-refractivity contribution in [1.29, 1.82) is 0 Å². The lowest BCUT2D eigenvalue weighted by molar-refractivity contribution is 0.394. The molecule has 1 aliphatic rings. The molecule has 0 atom stereocenters. The van der Waals surface area contributed by atoms with Crippen molar-refractivity contribution in [2.75, 3.05) is 0 Å². The van der Waals surface area contributed by atoms with Crippen molar-refractivity contribution in [2.24, 2.45) is 0 Å². The van der Waals surface area contributed by atoms with Gasteiger partial charge in [-0.25, -0.2) is 9.67 Å². The second-order valence-corrected chi connectivity index (χ2v) is 5.75. The van der Waals surface area contributed by atoms with Crippen LogP contribution < -0.4 is 0 Å². The molecule has 5 rings (SSSR count). The minimum absolute atomic E-state index is 0.498. The van der Waals surface area contributed by atoms with Crippen LogP contribution in [0.3, 0.4) is 0 Å². The molecule has 0 fully saturated rings. The zero-order valence-electron chi connectivity index (χ0n) is 13.1. The van der Waals surface area contributed by atoms with E-state index in [1.807, 2.05) is 35.9 Å². The predicted molar refractivity (Wildman–Crippen MR) is 84.1 cm³/mol. The third-order valence-corrected chi connectivity index (χ3v) is 4.27. The fourth-order valence-electron chi connectivity index (χ4n) is 3.11. The van der Waals surface area contributed by atoms with E-state index < -0.39 is 0 Å². The zero-order valence-corrected chi connectivity index (χ0v) is 13.1. The summed E-state index contributed by atoms with van der Waals surface area (Å²) < 4.78 is 9.07. The third-order valence-electron chi connectivity index (χ3n) is 4.27. The van der Waals surface area contributed by atoms with E-state index in [2.05, 4.69) is 30.0 Å². The van der Waals surface area contributed by atoms with E-state index in [1.165, 1.54) is 0 Å². The average Bonchev–Trinajstić information content (AvgIpc) is 3.26. The van der Waals surface area contributed by atoms with Crippen LogP contribution in [0.5, 0.6) is 0 Å². The lowest BCUT2D eigenvalue weighted by Gasteiger charge is -2.08. The van der Waals surface area contributed by atoms with E-state index in [0.29, 0.717) is 18.1 Å². The second kappa shape index (κ2) is 4.60. The summed E-state index contributed by atoms with van der Waals surface area (Å²) in [6.45, 7) is 3.73. The van der Waals surface area contributed by atoms with Gasteiger partial charge in [-0.1, -0.05) is 22.5 Å². The van der Waals surface area contributed by atoms with Gasteiger partial charge in [-0.15, -0.1) is 5.10 Å². The summed E-state index contributed by atoms with van der Waals surface area (Å²) in [5, 5.41) is 12.6. The molecule has 0 saturated heterocycles. The van der Waals surface area contributed by atoms with Crippen LogP contribution in [0.1, 0.15) is 23.0 Å². The van der Waals surface area contributed by atoms with Crippen LogP contribution >= 0.6 is 0 Å². The highest BCUT2D eigenvalue weighted by atomic mass is 16.5. The minimum atomic E-state index is 0.498. The zero-order chi connectivity index (χ0) is 16.3. The number of aryl methyl sites for hydroxylation is 2. The average molecular weight is 319 g/mol. The van der Waals surface area contributed by atoms with Crippen molar-refractivity contribution in [3.63, 3.8) is 0 Å². The normalized spacial score (nSPS) is 12.4. The van der Waals surface area contributed by atoms with Gasteiger partial charge in [0, 0.05) is 13.3 Å². The van der Waals surface area contributed by atoms with Crippen LogP contribution in [0.25, 0.3) is 22.9 Å². The summed E-state index contributed by atoms with van der Waals surface area (Å²) in [6.07, 6.45) is 2.43. The van der Waals surface area contributed by atoms with Crippen LogP contribution in [-0.4, -0.2) is 34.7 Å². The van der Waals surface area contributed by atoms with Crippen LogP contribution in [-0.2, 0) is 6.42 Å². The van der Waals surface area contributed by atoms with E-state index in [4.69, 9.17) is 4.52 Å². The number of aromatic nitrogens is 7. The largest absolute Gasteiger partial charge is 0.339 e. The Morgan fingerprint density at radius 2 is 1.92 bits per heavy atom. The van der Waals surface area contributed by atoms with Gasteiger partial charge >= 0.3 is 0 Å². The molecule has 0 radical (unpaired) electrons. The molecule has 0 amide bonds. The molecule has 8 nitrogen and oxygen atoms in total. The maximum atomic E-state index is 5.12. The molecule has 8 heteroatoms. The van der Waals surface area contributed by atoms with Gasteiger partial charge in [0.25, 0.3) is 0 Å². The summed E-state index contributed by atoms with van der Waals surface area (Å²) in [4.78, 5) is 8.86. The number of para-hydroxylation sites is 2. The molecule has 1 aromatic carbocycles. The summed E-state index contributed by atoms with van der Waals surface area (Å²) in [6, 6.07) is 8.05. The maximum Gasteiger partial charge on any atom is 0.223 e. The van der Waals surface area contributed by atoms with Gasteiger partial charge in [0.05, 0.1) is 28.5 Å². The smallest absolute Gasteiger partial charge is 0.223 e. The van der Waals surface area contributed by atoms with Gasteiger partial charge in [-0.2, -0.15) is 4.98 Å². The quantitative estimate of drug-likeness (QED) is 0.470. The first-order chi connectivity index (χ1) is 11.7. The van der Waals surface area contributed by atoms with Crippen molar-refractivity contribution in [1.82, 2.24) is 34.7 Å². The number of fused-ring (bicyclic) bond motifs is 5. The summed E-state index contributed by atoms with van der Waals surface area (Å²) in [5.41, 5.74) is 5.61. The summed E-state index contributed by atoms with van der Waals surface area (Å²) in [5.74, 6) is 1.01. The van der Waals surface area contributed by atoms with Crippen molar-refractivity contribution >= 4 is 0 Å². The van der Waals surface area contributed by atoms with Crippen LogP contribution in [0.2, 0.25) is 0 Å². The lowest BCUT2D eigenvalue weighted by atomic mass is 10.1. The lowest BCUT2D eigenvalue weighted by Crippen LogP contribution is -2.03. The number of nitrogens with zero attached hydrogens (tertiary/aromatic N) is 7. The Kier molecular flexibility index (Phi) is 2.53. The number of imidazole rings is 1. The Hall–Kier alpha value is -3.29. The van der Waals surface area contributed by atoms with Crippen molar-refractivity contribution < 1.29 is 4.52 Å². The highest BCUT2D eigenvalue weighted by molar-refractivity contribution is 5.61. The number of rotatable bonds is 1. The molecular weight excluding hydrogens is 306 g/mol. The van der Waals surface area contributed by atoms with E-state index in [1.54, 1.807) is 13.3 Å². The molecule has 0 saturated carbocycles. The first-order valence-corrected chi connectivity index (χ1v) is 7.60. The monoisotopic (exact) mass is 319 g/mol. The van der Waals surface area contributed by atoms with Crippen molar-refractivity contribution in [3.05, 3.63) is 53.6 Å². The standard InChI is InChI=1S/C16H13N7O/c1-9-13-7-14-15(16-18-10(2)24-20-16)17-8-22(14)11-5-3-4-6-12(11)23(13)21-19-9/h3-6,8H,7H2,1-2H3. The van der Waals surface area contributed by atoms with E-state index in [0.717, 1.165) is 34.2 Å². The van der Waals surface area contributed by atoms with Gasteiger partial charge in [0.2, 0.25) is 11.7 Å². The van der Waals surface area contributed by atoms with Crippen LogP contribution in [0.4, 0.5) is 0 Å². The molecule has 24 heavy (non-hydrogen) atoms. The van der Waals surface area contributed by atoms with E-state index in [-0.39, 0.29) is 0 Å². The molecule has 0 bridgehead atoms. The molecule has 118 valence electrons. The Morgan fingerprint density at radius 1 is 1.08 bits per heavy atom. The highest BCUT2D eigenvalue weighted by Crippen LogP contribution is 2.32. The van der Waals surface area contributed by atoms with Gasteiger partial charge in [0.15, 0.2) is 0 Å². The molecule has 3 aromatic heterocycles. The van der Waals surface area contributed by atoms with Gasteiger partial charge in [-0.3, -0.25) is 4.57 Å². The van der Waals surface area contributed by atoms with Crippen LogP contribution in [0, 0.1) is 13.8 Å². The van der Waals surface area contributed by atoms with Gasteiger partial charge in [-0.05, 0) is 19.1 Å². The third kappa shape index (κ3) is 1.70. The Balaban J connectivity index is 1.83. The molecule has 1 aliphatic heterocycles. The molecule has 0 unspecified atom stereocenters. The summed E-state index contributed by atoms with van der Waals surface area (Å²) >= 11 is 0. The molecule has 4 aromatic rings. The van der Waals surface area contributed by atoms with E-state index in [9.17, 15) is 0 Å². The highest BCUT2D eigenvalue weighted by Gasteiger charge is 2.26. The fourth-order valence-corrected chi connectivity index (χ4v) is 3.11. The molecular formula is C16H13N7O. The van der Waals surface area contributed by atoms with Crippen molar-refractivity contribution in [2.45, 2.75) is 20.3 Å². The summed E-state index contributed by atoms with van der Waals surface area (Å²) in [7, 11) is 0. The topological polar surface area (TPSA) is 87.5 Å². The predicted octanol–water partition coefficient (Wildman–Crippen LogP) is 2.02. The first-order valence-electron chi connectivity index (χ1n) is 7.60. The SMILES string of the molecule is Cc1nc(-c2ncn3c2Cc2c(C)nnn2-c2ccccc2-3)no1. The second-order valence-electron chi connectivity index (χ2n) is 5.75. The Labute approximate surface area is 136 Å². The van der Waals surface area contributed by atoms with Gasteiger partial charge < -0.3 is 4.52 Å². The van der Waals surface area contributed by atoms with Crippen molar-refractivity contribution in [3.8, 4) is 22.9 Å². The number of benzene rings is 1.